The van der Waals surface area contributed by atoms with E-state index in [9.17, 15) is 14.9 Å². The standard InChI is InChI=1S/C15H21N3O4.ClH/c1-22-13-9-11(5-6-12(13)18(20)21)14(19)17-10-15(16)7-3-2-4-8-15;/h5-6,9H,2-4,7-8,10,16H2,1H3,(H,17,19);1H. The lowest BCUT2D eigenvalue weighted by Gasteiger charge is -2.33. The number of ether oxygens (including phenoxy) is 1. The highest BCUT2D eigenvalue weighted by atomic mass is 35.5. The third kappa shape index (κ3) is 4.80. The monoisotopic (exact) mass is 343 g/mol. The Morgan fingerprint density at radius 1 is 1.39 bits per heavy atom. The summed E-state index contributed by atoms with van der Waals surface area (Å²) in [6, 6.07) is 4.06. The van der Waals surface area contributed by atoms with Gasteiger partial charge in [0.05, 0.1) is 12.0 Å². The topological polar surface area (TPSA) is 107 Å². The van der Waals surface area contributed by atoms with Gasteiger partial charge in [-0.15, -0.1) is 12.4 Å². The zero-order valence-electron chi connectivity index (χ0n) is 13.0. The Balaban J connectivity index is 0.00000264. The largest absolute Gasteiger partial charge is 0.490 e. The lowest BCUT2D eigenvalue weighted by atomic mass is 9.82. The maximum Gasteiger partial charge on any atom is 0.310 e. The second kappa shape index (κ2) is 8.12. The summed E-state index contributed by atoms with van der Waals surface area (Å²) in [6.07, 6.45) is 5.15. The Morgan fingerprint density at radius 2 is 2.04 bits per heavy atom. The van der Waals surface area contributed by atoms with Crippen molar-refractivity contribution in [1.82, 2.24) is 5.32 Å². The van der Waals surface area contributed by atoms with Gasteiger partial charge in [-0.3, -0.25) is 14.9 Å². The van der Waals surface area contributed by atoms with E-state index in [4.69, 9.17) is 10.5 Å². The van der Waals surface area contributed by atoms with Gasteiger partial charge in [-0.2, -0.15) is 0 Å². The second-order valence-electron chi connectivity index (χ2n) is 5.75. The summed E-state index contributed by atoms with van der Waals surface area (Å²) in [5.41, 5.74) is 6.08. The molecule has 0 heterocycles. The van der Waals surface area contributed by atoms with Gasteiger partial charge in [0.1, 0.15) is 0 Å². The van der Waals surface area contributed by atoms with E-state index < -0.39 is 4.92 Å². The summed E-state index contributed by atoms with van der Waals surface area (Å²) in [6.45, 7) is 0.408. The lowest BCUT2D eigenvalue weighted by molar-refractivity contribution is -0.385. The number of nitrogens with zero attached hydrogens (tertiary/aromatic N) is 1. The first kappa shape index (κ1) is 19.2. The van der Waals surface area contributed by atoms with E-state index >= 15 is 0 Å². The molecule has 0 bridgehead atoms. The molecule has 7 nitrogen and oxygen atoms in total. The Morgan fingerprint density at radius 3 is 2.61 bits per heavy atom. The van der Waals surface area contributed by atoms with Crippen LogP contribution in [-0.2, 0) is 0 Å². The molecule has 1 fully saturated rings. The number of nitro benzene ring substituents is 1. The molecule has 0 aromatic heterocycles. The molecule has 0 saturated heterocycles. The third-order valence-corrected chi connectivity index (χ3v) is 4.09. The van der Waals surface area contributed by atoms with Crippen LogP contribution in [0.1, 0.15) is 42.5 Å². The number of carbonyl (C=O) groups is 1. The first-order valence-corrected chi connectivity index (χ1v) is 7.35. The van der Waals surface area contributed by atoms with Gasteiger partial charge in [0.2, 0.25) is 0 Å². The molecule has 1 aromatic rings. The molecule has 0 radical (unpaired) electrons. The van der Waals surface area contributed by atoms with Crippen LogP contribution in [0.2, 0.25) is 0 Å². The molecule has 1 amide bonds. The maximum atomic E-state index is 12.2. The van der Waals surface area contributed by atoms with E-state index in [0.717, 1.165) is 25.7 Å². The van der Waals surface area contributed by atoms with Crippen LogP contribution in [0.25, 0.3) is 0 Å². The molecule has 128 valence electrons. The highest BCUT2D eigenvalue weighted by Gasteiger charge is 2.28. The average Bonchev–Trinajstić information content (AvgIpc) is 2.52. The minimum absolute atomic E-state index is 0. The number of halogens is 1. The first-order chi connectivity index (χ1) is 10.4. The Hall–Kier alpha value is -1.86. The zero-order valence-corrected chi connectivity index (χ0v) is 13.9. The molecule has 1 aromatic carbocycles. The Kier molecular flexibility index (Phi) is 6.78. The molecule has 0 atom stereocenters. The van der Waals surface area contributed by atoms with Crippen LogP contribution in [0.5, 0.6) is 5.75 Å². The van der Waals surface area contributed by atoms with Crippen molar-refractivity contribution in [3.8, 4) is 5.75 Å². The van der Waals surface area contributed by atoms with Gasteiger partial charge in [0.15, 0.2) is 5.75 Å². The van der Waals surface area contributed by atoms with E-state index in [1.54, 1.807) is 0 Å². The smallest absolute Gasteiger partial charge is 0.310 e. The van der Waals surface area contributed by atoms with Crippen molar-refractivity contribution < 1.29 is 14.5 Å². The zero-order chi connectivity index (χ0) is 16.2. The third-order valence-electron chi connectivity index (χ3n) is 4.09. The quantitative estimate of drug-likeness (QED) is 0.630. The molecule has 0 aliphatic heterocycles. The normalized spacial score (nSPS) is 16.1. The van der Waals surface area contributed by atoms with Crippen LogP contribution < -0.4 is 15.8 Å². The fourth-order valence-corrected chi connectivity index (χ4v) is 2.76. The Bertz CT molecular complexity index is 574. The molecule has 3 N–H and O–H groups in total. The number of hydrogen-bond donors (Lipinski definition) is 2. The van der Waals surface area contributed by atoms with Crippen LogP contribution in [0, 0.1) is 10.1 Å². The van der Waals surface area contributed by atoms with Crippen LogP contribution in [0.4, 0.5) is 5.69 Å². The van der Waals surface area contributed by atoms with E-state index in [1.807, 2.05) is 0 Å². The summed E-state index contributed by atoms with van der Waals surface area (Å²) in [5.74, 6) is -0.235. The number of benzene rings is 1. The highest BCUT2D eigenvalue weighted by Crippen LogP contribution is 2.28. The van der Waals surface area contributed by atoms with E-state index in [-0.39, 0.29) is 35.3 Å². The van der Waals surface area contributed by atoms with Gasteiger partial charge < -0.3 is 15.8 Å². The number of nitrogens with two attached hydrogens (primary N) is 1. The molecule has 8 heteroatoms. The van der Waals surface area contributed by atoms with E-state index in [0.29, 0.717) is 12.1 Å². The number of nitro groups is 1. The minimum atomic E-state index is -0.544. The number of carbonyl (C=O) groups excluding carboxylic acids is 1. The molecule has 1 aliphatic carbocycles. The number of nitrogens with one attached hydrogen (secondary N) is 1. The van der Waals surface area contributed by atoms with Gasteiger partial charge >= 0.3 is 5.69 Å². The SMILES string of the molecule is COc1cc(C(=O)NCC2(N)CCCCC2)ccc1[N+](=O)[O-].Cl. The van der Waals surface area contributed by atoms with Crippen molar-refractivity contribution in [2.24, 2.45) is 5.73 Å². The van der Waals surface area contributed by atoms with Gasteiger partial charge in [-0.25, -0.2) is 0 Å². The molecule has 1 saturated carbocycles. The highest BCUT2D eigenvalue weighted by molar-refractivity contribution is 5.95. The molecule has 1 aliphatic rings. The summed E-state index contributed by atoms with van der Waals surface area (Å²) in [4.78, 5) is 22.5. The number of hydrogen-bond acceptors (Lipinski definition) is 5. The number of amides is 1. The molecule has 23 heavy (non-hydrogen) atoms. The van der Waals surface area contributed by atoms with Crippen LogP contribution in [0.15, 0.2) is 18.2 Å². The summed E-state index contributed by atoms with van der Waals surface area (Å²) in [5, 5.41) is 13.7. The average molecular weight is 344 g/mol. The van der Waals surface area contributed by atoms with Crippen molar-refractivity contribution in [1.29, 1.82) is 0 Å². The molecule has 2 rings (SSSR count). The van der Waals surface area contributed by atoms with Crippen molar-refractivity contribution in [2.75, 3.05) is 13.7 Å². The molecule has 0 spiro atoms. The predicted molar refractivity (Wildman–Crippen MR) is 89.2 cm³/mol. The molecular weight excluding hydrogens is 322 g/mol. The maximum absolute atomic E-state index is 12.2. The molecule has 0 unspecified atom stereocenters. The van der Waals surface area contributed by atoms with Crippen LogP contribution in [0.3, 0.4) is 0 Å². The van der Waals surface area contributed by atoms with E-state index in [1.165, 1.54) is 31.7 Å². The fraction of sp³-hybridized carbons (Fsp3) is 0.533. The Labute approximate surface area is 141 Å². The molecular formula is C15H22ClN3O4. The van der Waals surface area contributed by atoms with Crippen molar-refractivity contribution in [2.45, 2.75) is 37.6 Å². The van der Waals surface area contributed by atoms with Crippen LogP contribution in [-0.4, -0.2) is 30.0 Å². The summed E-state index contributed by atoms with van der Waals surface area (Å²) < 4.78 is 4.97. The van der Waals surface area contributed by atoms with Gasteiger partial charge in [0, 0.05) is 29.8 Å². The second-order valence-corrected chi connectivity index (χ2v) is 5.75. The fourth-order valence-electron chi connectivity index (χ4n) is 2.76. The summed E-state index contributed by atoms with van der Waals surface area (Å²) >= 11 is 0. The van der Waals surface area contributed by atoms with Gasteiger partial charge in [-0.1, -0.05) is 19.3 Å². The van der Waals surface area contributed by atoms with E-state index in [2.05, 4.69) is 5.32 Å². The van der Waals surface area contributed by atoms with Crippen LogP contribution >= 0.6 is 12.4 Å². The predicted octanol–water partition coefficient (Wildman–Crippen LogP) is 2.42. The lowest BCUT2D eigenvalue weighted by Crippen LogP contribution is -2.51. The van der Waals surface area contributed by atoms with Gasteiger partial charge in [-0.05, 0) is 18.9 Å². The van der Waals surface area contributed by atoms with Gasteiger partial charge in [0.25, 0.3) is 5.91 Å². The number of rotatable bonds is 5. The first-order valence-electron chi connectivity index (χ1n) is 7.35. The van der Waals surface area contributed by atoms with Crippen molar-refractivity contribution in [3.05, 3.63) is 33.9 Å². The number of methoxy groups -OCH3 is 1. The minimum Gasteiger partial charge on any atom is -0.490 e. The summed E-state index contributed by atoms with van der Waals surface area (Å²) in [7, 11) is 1.33. The van der Waals surface area contributed by atoms with Crippen molar-refractivity contribution in [3.63, 3.8) is 0 Å². The van der Waals surface area contributed by atoms with Crippen molar-refractivity contribution >= 4 is 24.0 Å².